The van der Waals surface area contributed by atoms with E-state index in [9.17, 15) is 13.2 Å². The van der Waals surface area contributed by atoms with Gasteiger partial charge in [-0.3, -0.25) is 4.79 Å². The van der Waals surface area contributed by atoms with Crippen LogP contribution in [0.15, 0.2) is 45.7 Å². The molecule has 2 aromatic rings. The topological polar surface area (TPSA) is 78.8 Å². The molecule has 0 saturated heterocycles. The van der Waals surface area contributed by atoms with Gasteiger partial charge < -0.3 is 10.2 Å². The number of sulfonamides is 1. The summed E-state index contributed by atoms with van der Waals surface area (Å²) in [6.45, 7) is 6.34. The summed E-state index contributed by atoms with van der Waals surface area (Å²) in [5.74, 6) is 0.226. The van der Waals surface area contributed by atoms with Gasteiger partial charge in [-0.25, -0.2) is 0 Å². The number of hydrogen-bond donors (Lipinski definition) is 1. The number of nitrogens with zero attached hydrogens (tertiary/aromatic N) is 2. The van der Waals surface area contributed by atoms with Gasteiger partial charge in [0, 0.05) is 17.1 Å². The highest BCUT2D eigenvalue weighted by molar-refractivity contribution is 7.90. The maximum Gasteiger partial charge on any atom is 0.286 e. The van der Waals surface area contributed by atoms with E-state index in [-0.39, 0.29) is 15.5 Å². The Hall–Kier alpha value is -2.09. The number of benzene rings is 2. The van der Waals surface area contributed by atoms with Crippen LogP contribution < -0.4 is 10.2 Å². The van der Waals surface area contributed by atoms with Gasteiger partial charge in [0.25, 0.3) is 15.9 Å². The summed E-state index contributed by atoms with van der Waals surface area (Å²) in [7, 11) is -3.88. The Kier molecular flexibility index (Phi) is 5.70. The second kappa shape index (κ2) is 7.73. The van der Waals surface area contributed by atoms with Crippen molar-refractivity contribution < 1.29 is 13.2 Å². The number of fused-ring (bicyclic) bond motifs is 1. The molecule has 1 aliphatic heterocycles. The van der Waals surface area contributed by atoms with Crippen LogP contribution >= 0.6 is 23.2 Å². The first-order valence-corrected chi connectivity index (χ1v) is 10.8. The van der Waals surface area contributed by atoms with Gasteiger partial charge >= 0.3 is 0 Å². The third kappa shape index (κ3) is 4.16. The molecule has 0 radical (unpaired) electrons. The van der Waals surface area contributed by atoms with Crippen molar-refractivity contribution in [1.82, 2.24) is 0 Å². The fourth-order valence-corrected chi connectivity index (χ4v) is 4.63. The quantitative estimate of drug-likeness (QED) is 0.739. The van der Waals surface area contributed by atoms with Crippen molar-refractivity contribution in [2.45, 2.75) is 25.7 Å². The SMILES string of the molecule is CC1=NS(=O)(=O)c2cc(C(=O)Nc3ccc(Cl)cc3Cl)ccc2N1CC(C)C. The smallest absolute Gasteiger partial charge is 0.286 e. The maximum absolute atomic E-state index is 12.6. The molecule has 148 valence electrons. The van der Waals surface area contributed by atoms with E-state index in [0.717, 1.165) is 0 Å². The number of rotatable bonds is 4. The van der Waals surface area contributed by atoms with Crippen molar-refractivity contribution in [3.05, 3.63) is 52.0 Å². The highest BCUT2D eigenvalue weighted by Crippen LogP contribution is 2.33. The van der Waals surface area contributed by atoms with Gasteiger partial charge in [0.1, 0.15) is 10.7 Å². The summed E-state index contributed by atoms with van der Waals surface area (Å²) >= 11 is 11.9. The van der Waals surface area contributed by atoms with Crippen molar-refractivity contribution in [1.29, 1.82) is 0 Å². The van der Waals surface area contributed by atoms with E-state index in [4.69, 9.17) is 23.2 Å². The minimum Gasteiger partial charge on any atom is -0.328 e. The van der Waals surface area contributed by atoms with Gasteiger partial charge in [0.15, 0.2) is 0 Å². The Labute approximate surface area is 174 Å². The summed E-state index contributed by atoms with van der Waals surface area (Å²) in [5, 5.41) is 3.40. The Balaban J connectivity index is 1.97. The monoisotopic (exact) mass is 439 g/mol. The van der Waals surface area contributed by atoms with Crippen LogP contribution in [0.5, 0.6) is 0 Å². The van der Waals surface area contributed by atoms with Crippen molar-refractivity contribution in [3.63, 3.8) is 0 Å². The molecule has 2 aromatic carbocycles. The van der Waals surface area contributed by atoms with Gasteiger partial charge in [-0.15, -0.1) is 4.40 Å². The predicted octanol–water partition coefficient (Wildman–Crippen LogP) is 4.83. The standard InChI is InChI=1S/C19H19Cl2N3O3S/c1-11(2)10-24-12(3)23-28(26,27)18-8-13(4-7-17(18)24)19(25)22-16-6-5-14(20)9-15(16)21/h4-9,11H,10H2,1-3H3,(H,22,25). The fourth-order valence-electron chi connectivity index (χ4n) is 2.91. The minimum atomic E-state index is -3.88. The number of anilines is 2. The molecule has 28 heavy (non-hydrogen) atoms. The number of amides is 1. The molecule has 6 nitrogen and oxygen atoms in total. The van der Waals surface area contributed by atoms with Crippen LogP contribution in [0.25, 0.3) is 0 Å². The van der Waals surface area contributed by atoms with Gasteiger partial charge in [0.05, 0.1) is 16.4 Å². The van der Waals surface area contributed by atoms with Crippen LogP contribution in [0.1, 0.15) is 31.1 Å². The summed E-state index contributed by atoms with van der Waals surface area (Å²) in [5.41, 5.74) is 1.09. The predicted molar refractivity (Wildman–Crippen MR) is 113 cm³/mol. The zero-order valence-electron chi connectivity index (χ0n) is 15.5. The molecular weight excluding hydrogens is 421 g/mol. The molecule has 0 fully saturated rings. The third-order valence-corrected chi connectivity index (χ3v) is 6.10. The van der Waals surface area contributed by atoms with Gasteiger partial charge in [0.2, 0.25) is 0 Å². The average molecular weight is 440 g/mol. The molecule has 1 aliphatic rings. The first kappa shape index (κ1) is 20.6. The van der Waals surface area contributed by atoms with Crippen LogP contribution in [0.4, 0.5) is 11.4 Å². The number of nitrogens with one attached hydrogen (secondary N) is 1. The van der Waals surface area contributed by atoms with Crippen molar-refractivity contribution in [2.24, 2.45) is 10.3 Å². The molecule has 1 amide bonds. The number of halogens is 2. The van der Waals surface area contributed by atoms with Crippen molar-refractivity contribution in [3.8, 4) is 0 Å². The number of carbonyl (C=O) groups excluding carboxylic acids is 1. The lowest BCUT2D eigenvalue weighted by Crippen LogP contribution is -2.36. The van der Waals surface area contributed by atoms with Crippen molar-refractivity contribution >= 4 is 56.3 Å². The highest BCUT2D eigenvalue weighted by atomic mass is 35.5. The van der Waals surface area contributed by atoms with E-state index in [1.54, 1.807) is 31.2 Å². The Morgan fingerprint density at radius 2 is 1.89 bits per heavy atom. The lowest BCUT2D eigenvalue weighted by Gasteiger charge is -2.30. The highest BCUT2D eigenvalue weighted by Gasteiger charge is 2.30. The minimum absolute atomic E-state index is 0.00797. The van der Waals surface area contributed by atoms with E-state index in [1.807, 2.05) is 18.7 Å². The molecule has 3 rings (SSSR count). The summed E-state index contributed by atoms with van der Waals surface area (Å²) in [4.78, 5) is 14.5. The molecule has 0 atom stereocenters. The van der Waals surface area contributed by atoms with E-state index in [2.05, 4.69) is 9.71 Å². The second-order valence-corrected chi connectivity index (χ2v) is 9.29. The zero-order chi connectivity index (χ0) is 20.6. The zero-order valence-corrected chi connectivity index (χ0v) is 17.9. The van der Waals surface area contributed by atoms with E-state index in [0.29, 0.717) is 34.7 Å². The third-order valence-electron chi connectivity index (χ3n) is 4.16. The molecule has 1 heterocycles. The Morgan fingerprint density at radius 3 is 2.54 bits per heavy atom. The van der Waals surface area contributed by atoms with Crippen LogP contribution in [0.2, 0.25) is 10.0 Å². The largest absolute Gasteiger partial charge is 0.328 e. The lowest BCUT2D eigenvalue weighted by molar-refractivity contribution is 0.102. The molecule has 0 spiro atoms. The second-order valence-electron chi connectivity index (χ2n) is 6.88. The van der Waals surface area contributed by atoms with Crippen LogP contribution in [-0.2, 0) is 10.0 Å². The van der Waals surface area contributed by atoms with Gasteiger partial charge in [-0.2, -0.15) is 8.42 Å². The molecule has 0 aliphatic carbocycles. The van der Waals surface area contributed by atoms with E-state index in [1.165, 1.54) is 12.1 Å². The first-order chi connectivity index (χ1) is 13.1. The lowest BCUT2D eigenvalue weighted by atomic mass is 10.1. The fraction of sp³-hybridized carbons (Fsp3) is 0.263. The molecule has 9 heteroatoms. The first-order valence-electron chi connectivity index (χ1n) is 8.58. The summed E-state index contributed by atoms with van der Waals surface area (Å²) in [6.07, 6.45) is 0. The molecular formula is C19H19Cl2N3O3S. The van der Waals surface area contributed by atoms with Gasteiger partial charge in [-0.1, -0.05) is 37.0 Å². The van der Waals surface area contributed by atoms with Crippen LogP contribution in [0, 0.1) is 5.92 Å². The van der Waals surface area contributed by atoms with Crippen LogP contribution in [0.3, 0.4) is 0 Å². The number of hydrogen-bond acceptors (Lipinski definition) is 4. The molecule has 0 unspecified atom stereocenters. The normalized spacial score (nSPS) is 15.2. The Bertz CT molecular complexity index is 1080. The van der Waals surface area contributed by atoms with E-state index >= 15 is 0 Å². The van der Waals surface area contributed by atoms with Gasteiger partial charge in [-0.05, 0) is 49.2 Å². The molecule has 0 saturated carbocycles. The number of amidine groups is 1. The summed E-state index contributed by atoms with van der Waals surface area (Å²) in [6, 6.07) is 9.24. The van der Waals surface area contributed by atoms with E-state index < -0.39 is 15.9 Å². The molecule has 0 bridgehead atoms. The van der Waals surface area contributed by atoms with Crippen molar-refractivity contribution in [2.75, 3.05) is 16.8 Å². The molecule has 1 N–H and O–H groups in total. The maximum atomic E-state index is 12.6. The summed E-state index contributed by atoms with van der Waals surface area (Å²) < 4.78 is 29.0. The Morgan fingerprint density at radius 1 is 1.18 bits per heavy atom. The van der Waals surface area contributed by atoms with Crippen LogP contribution in [-0.4, -0.2) is 26.7 Å². The molecule has 0 aromatic heterocycles. The average Bonchev–Trinajstić information content (AvgIpc) is 2.60. The number of carbonyl (C=O) groups is 1.